The highest BCUT2D eigenvalue weighted by Gasteiger charge is 2.14. The van der Waals surface area contributed by atoms with Gasteiger partial charge in [-0.2, -0.15) is 0 Å². The van der Waals surface area contributed by atoms with Crippen molar-refractivity contribution in [3.63, 3.8) is 0 Å². The van der Waals surface area contributed by atoms with Gasteiger partial charge in [0.2, 0.25) is 5.90 Å². The minimum absolute atomic E-state index is 0.399. The van der Waals surface area contributed by atoms with Gasteiger partial charge in [0, 0.05) is 6.92 Å². The van der Waals surface area contributed by atoms with Crippen molar-refractivity contribution in [3.05, 3.63) is 58.7 Å². The Balaban J connectivity index is 2.31. The summed E-state index contributed by atoms with van der Waals surface area (Å²) < 4.78 is 0. The van der Waals surface area contributed by atoms with E-state index >= 15 is 0 Å². The molecule has 0 unspecified atom stereocenters. The summed E-state index contributed by atoms with van der Waals surface area (Å²) in [6.07, 6.45) is 0. The van der Waals surface area contributed by atoms with Crippen molar-refractivity contribution in [2.24, 2.45) is 15.1 Å². The normalized spacial score (nSPS) is 13.4. The number of hydrogen-bond acceptors (Lipinski definition) is 4. The molecule has 0 saturated carbocycles. The fraction of sp³-hybridized carbons (Fsp3) is 0.423. The summed E-state index contributed by atoms with van der Waals surface area (Å²) in [5.41, 5.74) is 8.29. The van der Waals surface area contributed by atoms with Crippen molar-refractivity contribution in [2.45, 2.75) is 74.1 Å². The minimum Gasteiger partial charge on any atom is -0.341 e. The van der Waals surface area contributed by atoms with Crippen molar-refractivity contribution in [2.75, 3.05) is 0 Å². The first-order chi connectivity index (χ1) is 14.1. The molecule has 0 atom stereocenters. The Kier molecular flexibility index (Phi) is 8.10. The van der Waals surface area contributed by atoms with Crippen LogP contribution in [0.3, 0.4) is 0 Å². The van der Waals surface area contributed by atoms with Crippen molar-refractivity contribution < 1.29 is 4.84 Å². The summed E-state index contributed by atoms with van der Waals surface area (Å²) in [6, 6.07) is 12.6. The van der Waals surface area contributed by atoms with E-state index in [0.717, 1.165) is 33.9 Å². The quantitative estimate of drug-likeness (QED) is 0.275. The largest absolute Gasteiger partial charge is 0.341 e. The van der Waals surface area contributed by atoms with Crippen LogP contribution in [0.15, 0.2) is 51.5 Å². The van der Waals surface area contributed by atoms with E-state index in [9.17, 15) is 0 Å². The van der Waals surface area contributed by atoms with E-state index in [4.69, 9.17) is 9.83 Å². The molecule has 160 valence electrons. The number of para-hydroxylation sites is 2. The smallest absolute Gasteiger partial charge is 0.222 e. The molecule has 4 nitrogen and oxygen atoms in total. The van der Waals surface area contributed by atoms with Gasteiger partial charge in [0.05, 0.1) is 22.8 Å². The van der Waals surface area contributed by atoms with Crippen molar-refractivity contribution in [1.29, 1.82) is 0 Å². The molecule has 0 aliphatic heterocycles. The average Bonchev–Trinajstić information content (AvgIpc) is 2.68. The van der Waals surface area contributed by atoms with Crippen LogP contribution in [-0.2, 0) is 4.84 Å². The number of aliphatic imine (C=N–C) groups is 2. The highest BCUT2D eigenvalue weighted by atomic mass is 16.6. The predicted octanol–water partition coefficient (Wildman–Crippen LogP) is 7.79. The molecule has 0 fully saturated rings. The van der Waals surface area contributed by atoms with Crippen LogP contribution < -0.4 is 0 Å². The van der Waals surface area contributed by atoms with Crippen LogP contribution in [0.4, 0.5) is 11.4 Å². The standard InChI is InChI=1S/C26H35N3O/c1-16(2)23-14-11-15-24(17(3)4)26(23)27-20(7)21(8)29-30-22(9)28-25-18(5)12-10-13-19(25)6/h10-17H,1-9H3. The topological polar surface area (TPSA) is 46.3 Å². The first kappa shape index (κ1) is 23.5. The summed E-state index contributed by atoms with van der Waals surface area (Å²) in [5, 5.41) is 4.28. The third-order valence-corrected chi connectivity index (χ3v) is 5.17. The lowest BCUT2D eigenvalue weighted by molar-refractivity contribution is 0.326. The lowest BCUT2D eigenvalue weighted by Crippen LogP contribution is -2.08. The van der Waals surface area contributed by atoms with E-state index in [-0.39, 0.29) is 0 Å². The van der Waals surface area contributed by atoms with Gasteiger partial charge in [-0.05, 0) is 61.8 Å². The van der Waals surface area contributed by atoms with E-state index in [1.165, 1.54) is 11.1 Å². The Morgan fingerprint density at radius 2 is 1.20 bits per heavy atom. The Hall–Kier alpha value is -2.75. The molecule has 0 bridgehead atoms. The maximum absolute atomic E-state index is 5.59. The van der Waals surface area contributed by atoms with Gasteiger partial charge < -0.3 is 4.84 Å². The Bertz CT molecular complexity index is 935. The Morgan fingerprint density at radius 1 is 0.700 bits per heavy atom. The highest BCUT2D eigenvalue weighted by Crippen LogP contribution is 2.34. The second kappa shape index (κ2) is 10.3. The summed E-state index contributed by atoms with van der Waals surface area (Å²) in [5.74, 6) is 1.30. The molecule has 0 aliphatic carbocycles. The zero-order chi connectivity index (χ0) is 22.4. The van der Waals surface area contributed by atoms with Crippen LogP contribution in [0.25, 0.3) is 0 Å². The molecular formula is C26H35N3O. The van der Waals surface area contributed by atoms with Gasteiger partial charge in [0.1, 0.15) is 0 Å². The number of rotatable bonds is 6. The minimum atomic E-state index is 0.399. The van der Waals surface area contributed by atoms with E-state index in [1.807, 2.05) is 52.8 Å². The molecule has 2 rings (SSSR count). The fourth-order valence-corrected chi connectivity index (χ4v) is 3.25. The number of nitrogens with zero attached hydrogens (tertiary/aromatic N) is 3. The maximum atomic E-state index is 5.59. The van der Waals surface area contributed by atoms with Crippen molar-refractivity contribution in [3.8, 4) is 0 Å². The zero-order valence-electron chi connectivity index (χ0n) is 19.9. The second-order valence-electron chi connectivity index (χ2n) is 8.43. The predicted molar refractivity (Wildman–Crippen MR) is 130 cm³/mol. The van der Waals surface area contributed by atoms with Crippen LogP contribution in [0, 0.1) is 13.8 Å². The Morgan fingerprint density at radius 3 is 1.70 bits per heavy atom. The van der Waals surface area contributed by atoms with Gasteiger partial charge in [0.25, 0.3) is 0 Å². The molecular weight excluding hydrogens is 370 g/mol. The van der Waals surface area contributed by atoms with E-state index in [0.29, 0.717) is 17.7 Å². The molecule has 0 radical (unpaired) electrons. The Labute approximate surface area is 181 Å². The van der Waals surface area contributed by atoms with Gasteiger partial charge in [-0.25, -0.2) is 4.99 Å². The van der Waals surface area contributed by atoms with Crippen molar-refractivity contribution >= 4 is 28.7 Å². The van der Waals surface area contributed by atoms with Crippen LogP contribution in [0.1, 0.15) is 82.6 Å². The molecule has 0 aromatic heterocycles. The lowest BCUT2D eigenvalue weighted by Gasteiger charge is -2.17. The summed E-state index contributed by atoms with van der Waals surface area (Å²) >= 11 is 0. The van der Waals surface area contributed by atoms with E-state index < -0.39 is 0 Å². The number of aryl methyl sites for hydroxylation is 2. The summed E-state index contributed by atoms with van der Waals surface area (Å²) in [7, 11) is 0. The van der Waals surface area contributed by atoms with Crippen LogP contribution in [0.2, 0.25) is 0 Å². The number of benzene rings is 2. The highest BCUT2D eigenvalue weighted by molar-refractivity contribution is 6.41. The van der Waals surface area contributed by atoms with Crippen LogP contribution in [0.5, 0.6) is 0 Å². The summed E-state index contributed by atoms with van der Waals surface area (Å²) in [6.45, 7) is 18.6. The molecule has 30 heavy (non-hydrogen) atoms. The number of oxime groups is 1. The molecule has 0 amide bonds. The third kappa shape index (κ3) is 5.88. The first-order valence-electron chi connectivity index (χ1n) is 10.6. The summed E-state index contributed by atoms with van der Waals surface area (Å²) in [4.78, 5) is 15.1. The van der Waals surface area contributed by atoms with Crippen molar-refractivity contribution in [1.82, 2.24) is 0 Å². The van der Waals surface area contributed by atoms with Crippen LogP contribution in [-0.4, -0.2) is 17.3 Å². The SMILES string of the molecule is CC(=Nc1c(C)cccc1C)ON=C(C)C(C)=Nc1c(C(C)C)cccc1C(C)C. The van der Waals surface area contributed by atoms with E-state index in [2.05, 4.69) is 56.0 Å². The average molecular weight is 406 g/mol. The molecule has 0 aliphatic rings. The molecule has 2 aromatic rings. The van der Waals surface area contributed by atoms with Gasteiger partial charge in [0.15, 0.2) is 0 Å². The van der Waals surface area contributed by atoms with Gasteiger partial charge in [-0.1, -0.05) is 69.2 Å². The molecule has 0 heterocycles. The van der Waals surface area contributed by atoms with Gasteiger partial charge in [-0.3, -0.25) is 4.99 Å². The first-order valence-corrected chi connectivity index (χ1v) is 10.6. The van der Waals surface area contributed by atoms with Gasteiger partial charge >= 0.3 is 0 Å². The fourth-order valence-electron chi connectivity index (χ4n) is 3.25. The molecule has 0 spiro atoms. The van der Waals surface area contributed by atoms with Crippen LogP contribution >= 0.6 is 0 Å². The number of hydrogen-bond donors (Lipinski definition) is 0. The molecule has 0 saturated heterocycles. The monoisotopic (exact) mass is 405 g/mol. The maximum Gasteiger partial charge on any atom is 0.222 e. The molecule has 0 N–H and O–H groups in total. The van der Waals surface area contributed by atoms with E-state index in [1.54, 1.807) is 0 Å². The lowest BCUT2D eigenvalue weighted by atomic mass is 9.93. The molecule has 2 aromatic carbocycles. The second-order valence-corrected chi connectivity index (χ2v) is 8.43. The zero-order valence-corrected chi connectivity index (χ0v) is 19.9. The third-order valence-electron chi connectivity index (χ3n) is 5.17. The van der Waals surface area contributed by atoms with Gasteiger partial charge in [-0.15, -0.1) is 0 Å². The molecule has 4 heteroatoms.